The third-order valence-corrected chi connectivity index (χ3v) is 5.67. The highest BCUT2D eigenvalue weighted by Crippen LogP contribution is 2.42. The highest BCUT2D eigenvalue weighted by molar-refractivity contribution is 5.94. The zero-order chi connectivity index (χ0) is 16.0. The van der Waals surface area contributed by atoms with Crippen LogP contribution in [0, 0.1) is 18.3 Å². The van der Waals surface area contributed by atoms with Gasteiger partial charge in [-0.2, -0.15) is 0 Å². The maximum Gasteiger partial charge on any atom is 0.274 e. The Morgan fingerprint density at radius 2 is 2.22 bits per heavy atom. The van der Waals surface area contributed by atoms with E-state index in [2.05, 4.69) is 14.9 Å². The first-order valence-corrected chi connectivity index (χ1v) is 8.68. The van der Waals surface area contributed by atoms with E-state index in [1.807, 2.05) is 11.8 Å². The SMILES string of the molecule is Cc1[nH]cnc1C(=O)N1CC[C@@]2(CCCN(CC3CC3)C2=O)C1. The van der Waals surface area contributed by atoms with Crippen molar-refractivity contribution in [3.8, 4) is 0 Å². The van der Waals surface area contributed by atoms with Gasteiger partial charge in [0.15, 0.2) is 0 Å². The van der Waals surface area contributed by atoms with Gasteiger partial charge in [0.1, 0.15) is 5.69 Å². The quantitative estimate of drug-likeness (QED) is 0.920. The number of carbonyl (C=O) groups excluding carboxylic acids is 2. The number of hydrogen-bond donors (Lipinski definition) is 1. The predicted molar refractivity (Wildman–Crippen MR) is 84.8 cm³/mol. The first-order chi connectivity index (χ1) is 11.1. The van der Waals surface area contributed by atoms with Crippen LogP contribution in [0.15, 0.2) is 6.33 Å². The van der Waals surface area contributed by atoms with E-state index in [4.69, 9.17) is 0 Å². The van der Waals surface area contributed by atoms with Gasteiger partial charge in [-0.05, 0) is 44.9 Å². The van der Waals surface area contributed by atoms with Crippen LogP contribution < -0.4 is 0 Å². The fraction of sp³-hybridized carbons (Fsp3) is 0.706. The lowest BCUT2D eigenvalue weighted by molar-refractivity contribution is -0.145. The zero-order valence-corrected chi connectivity index (χ0v) is 13.7. The lowest BCUT2D eigenvalue weighted by atomic mass is 9.78. The fourth-order valence-electron chi connectivity index (χ4n) is 4.09. The van der Waals surface area contributed by atoms with Crippen molar-refractivity contribution in [3.63, 3.8) is 0 Å². The summed E-state index contributed by atoms with van der Waals surface area (Å²) in [5, 5.41) is 0. The molecular weight excluding hydrogens is 292 g/mol. The van der Waals surface area contributed by atoms with Gasteiger partial charge in [-0.25, -0.2) is 4.98 Å². The van der Waals surface area contributed by atoms with Crippen molar-refractivity contribution in [2.24, 2.45) is 11.3 Å². The Hall–Kier alpha value is -1.85. The molecule has 124 valence electrons. The third-order valence-electron chi connectivity index (χ3n) is 5.67. The Morgan fingerprint density at radius 1 is 1.39 bits per heavy atom. The van der Waals surface area contributed by atoms with Crippen molar-refractivity contribution in [2.75, 3.05) is 26.2 Å². The lowest BCUT2D eigenvalue weighted by Crippen LogP contribution is -2.51. The van der Waals surface area contributed by atoms with Gasteiger partial charge >= 0.3 is 0 Å². The van der Waals surface area contributed by atoms with Crippen LogP contribution in [0.5, 0.6) is 0 Å². The van der Waals surface area contributed by atoms with Crippen LogP contribution in [0.4, 0.5) is 0 Å². The number of nitrogens with zero attached hydrogens (tertiary/aromatic N) is 3. The molecule has 0 radical (unpaired) electrons. The summed E-state index contributed by atoms with van der Waals surface area (Å²) >= 11 is 0. The van der Waals surface area contributed by atoms with Crippen molar-refractivity contribution in [1.29, 1.82) is 0 Å². The average Bonchev–Trinajstić information content (AvgIpc) is 3.08. The third kappa shape index (κ3) is 2.54. The molecule has 2 saturated heterocycles. The molecule has 1 N–H and O–H groups in total. The first kappa shape index (κ1) is 14.7. The molecule has 6 heteroatoms. The van der Waals surface area contributed by atoms with Crippen LogP contribution in [0.25, 0.3) is 0 Å². The monoisotopic (exact) mass is 316 g/mol. The van der Waals surface area contributed by atoms with Crippen molar-refractivity contribution < 1.29 is 9.59 Å². The Bertz CT molecular complexity index is 636. The van der Waals surface area contributed by atoms with Crippen LogP contribution in [-0.2, 0) is 4.79 Å². The molecule has 2 aliphatic heterocycles. The highest BCUT2D eigenvalue weighted by Gasteiger charge is 2.50. The molecule has 1 aromatic heterocycles. The normalized spacial score (nSPS) is 28.0. The molecule has 1 saturated carbocycles. The molecule has 1 atom stereocenters. The maximum atomic E-state index is 13.0. The molecule has 23 heavy (non-hydrogen) atoms. The lowest BCUT2D eigenvalue weighted by Gasteiger charge is -2.39. The topological polar surface area (TPSA) is 69.3 Å². The zero-order valence-electron chi connectivity index (χ0n) is 13.7. The molecule has 0 aromatic carbocycles. The number of amides is 2. The minimum absolute atomic E-state index is 0.0484. The summed E-state index contributed by atoms with van der Waals surface area (Å²) < 4.78 is 0. The van der Waals surface area contributed by atoms with Crippen LogP contribution in [0.2, 0.25) is 0 Å². The number of aryl methyl sites for hydroxylation is 1. The van der Waals surface area contributed by atoms with Crippen molar-refractivity contribution in [3.05, 3.63) is 17.7 Å². The average molecular weight is 316 g/mol. The summed E-state index contributed by atoms with van der Waals surface area (Å²) in [6, 6.07) is 0. The van der Waals surface area contributed by atoms with E-state index in [-0.39, 0.29) is 17.2 Å². The van der Waals surface area contributed by atoms with Crippen LogP contribution in [-0.4, -0.2) is 57.8 Å². The summed E-state index contributed by atoms with van der Waals surface area (Å²) in [4.78, 5) is 36.6. The van der Waals surface area contributed by atoms with Crippen LogP contribution in [0.1, 0.15) is 48.3 Å². The van der Waals surface area contributed by atoms with E-state index in [0.29, 0.717) is 18.8 Å². The molecule has 1 aromatic rings. The van der Waals surface area contributed by atoms with E-state index in [0.717, 1.165) is 44.0 Å². The van der Waals surface area contributed by atoms with E-state index < -0.39 is 0 Å². The second kappa shape index (κ2) is 5.35. The van der Waals surface area contributed by atoms with Gasteiger partial charge in [-0.3, -0.25) is 9.59 Å². The number of piperidine rings is 1. The van der Waals surface area contributed by atoms with Gasteiger partial charge in [-0.15, -0.1) is 0 Å². The minimum atomic E-state index is -0.340. The van der Waals surface area contributed by atoms with Gasteiger partial charge in [0, 0.05) is 31.9 Å². The Balaban J connectivity index is 1.48. The first-order valence-electron chi connectivity index (χ1n) is 8.68. The van der Waals surface area contributed by atoms with Crippen LogP contribution >= 0.6 is 0 Å². The number of aromatic nitrogens is 2. The molecule has 3 fully saturated rings. The standard InChI is InChI=1S/C17H24N4O2/c1-12-14(19-11-18-12)15(22)21-8-6-17(10-21)5-2-7-20(16(17)23)9-13-3-4-13/h11,13H,2-10H2,1H3,(H,18,19)/t17-/m0/s1. The molecule has 3 aliphatic rings. The molecule has 6 nitrogen and oxygen atoms in total. The number of carbonyl (C=O) groups is 2. The summed E-state index contributed by atoms with van der Waals surface area (Å²) in [5.41, 5.74) is 0.939. The molecule has 2 amide bonds. The minimum Gasteiger partial charge on any atom is -0.348 e. The number of hydrogen-bond acceptors (Lipinski definition) is 3. The summed E-state index contributed by atoms with van der Waals surface area (Å²) in [6.07, 6.45) is 6.84. The number of rotatable bonds is 3. The van der Waals surface area contributed by atoms with Crippen molar-refractivity contribution in [1.82, 2.24) is 19.8 Å². The van der Waals surface area contributed by atoms with Gasteiger partial charge in [0.05, 0.1) is 11.7 Å². The molecule has 0 unspecified atom stereocenters. The second-order valence-electron chi connectivity index (χ2n) is 7.43. The molecule has 1 spiro atoms. The number of likely N-dealkylation sites (tertiary alicyclic amines) is 2. The highest BCUT2D eigenvalue weighted by atomic mass is 16.2. The molecule has 0 bridgehead atoms. The van der Waals surface area contributed by atoms with Crippen molar-refractivity contribution >= 4 is 11.8 Å². The van der Waals surface area contributed by atoms with Gasteiger partial charge < -0.3 is 14.8 Å². The van der Waals surface area contributed by atoms with Gasteiger partial charge in [0.2, 0.25) is 5.91 Å². The summed E-state index contributed by atoms with van der Waals surface area (Å²) in [7, 11) is 0. The largest absolute Gasteiger partial charge is 0.348 e. The summed E-state index contributed by atoms with van der Waals surface area (Å²) in [6.45, 7) is 4.89. The van der Waals surface area contributed by atoms with Crippen LogP contribution in [0.3, 0.4) is 0 Å². The summed E-state index contributed by atoms with van der Waals surface area (Å²) in [5.74, 6) is 0.956. The second-order valence-corrected chi connectivity index (χ2v) is 7.43. The van der Waals surface area contributed by atoms with Gasteiger partial charge in [0.25, 0.3) is 5.91 Å². The Kier molecular flexibility index (Phi) is 3.43. The smallest absolute Gasteiger partial charge is 0.274 e. The molecular formula is C17H24N4O2. The number of aromatic amines is 1. The molecule has 3 heterocycles. The number of nitrogens with one attached hydrogen (secondary N) is 1. The Morgan fingerprint density at radius 3 is 2.91 bits per heavy atom. The van der Waals surface area contributed by atoms with Gasteiger partial charge in [-0.1, -0.05) is 0 Å². The number of imidazole rings is 1. The van der Waals surface area contributed by atoms with E-state index in [1.165, 1.54) is 12.8 Å². The van der Waals surface area contributed by atoms with E-state index in [1.54, 1.807) is 6.33 Å². The maximum absolute atomic E-state index is 13.0. The Labute approximate surface area is 136 Å². The molecule has 4 rings (SSSR count). The molecule has 1 aliphatic carbocycles. The predicted octanol–water partition coefficient (Wildman–Crippen LogP) is 1.58. The van der Waals surface area contributed by atoms with E-state index >= 15 is 0 Å². The number of H-pyrrole nitrogens is 1. The fourth-order valence-corrected chi connectivity index (χ4v) is 4.09. The van der Waals surface area contributed by atoms with E-state index in [9.17, 15) is 9.59 Å². The van der Waals surface area contributed by atoms with Crippen molar-refractivity contribution in [2.45, 2.75) is 39.0 Å².